The Labute approximate surface area is 184 Å². The van der Waals surface area contributed by atoms with E-state index in [1.54, 1.807) is 49.4 Å². The molecule has 1 unspecified atom stereocenters. The Bertz CT molecular complexity index is 1320. The minimum Gasteiger partial charge on any atom is -0.417 e. The zero-order valence-corrected chi connectivity index (χ0v) is 18.1. The fraction of sp³-hybridized carbons (Fsp3) is 0.0435. The van der Waals surface area contributed by atoms with Crippen LogP contribution in [0.3, 0.4) is 0 Å². The molecule has 0 radical (unpaired) electrons. The standard InChI is InChI=1S/C23H17ClNO5P/c1-15-7-6-11-20(25(26)27)22(15)18-14-13-16-8-2-3-9-17(16)23(18)30-31(28)29-21-12-5-4-10-19(21)24/h2-14,31H,1H3. The van der Waals surface area contributed by atoms with E-state index in [2.05, 4.69) is 0 Å². The molecule has 0 saturated heterocycles. The Morgan fingerprint density at radius 2 is 1.65 bits per heavy atom. The molecule has 0 N–H and O–H groups in total. The molecule has 0 bridgehead atoms. The molecule has 0 heterocycles. The molecule has 156 valence electrons. The molecule has 4 aromatic carbocycles. The fourth-order valence-corrected chi connectivity index (χ4v) is 4.45. The maximum Gasteiger partial charge on any atom is 0.419 e. The van der Waals surface area contributed by atoms with Gasteiger partial charge >= 0.3 is 8.25 Å². The summed E-state index contributed by atoms with van der Waals surface area (Å²) in [4.78, 5) is 11.3. The van der Waals surface area contributed by atoms with Gasteiger partial charge in [0, 0.05) is 17.0 Å². The molecule has 0 aliphatic rings. The predicted octanol–water partition coefficient (Wildman–Crippen LogP) is 7.22. The van der Waals surface area contributed by atoms with Crippen molar-refractivity contribution in [2.75, 3.05) is 0 Å². The largest absolute Gasteiger partial charge is 0.419 e. The van der Waals surface area contributed by atoms with E-state index in [9.17, 15) is 14.7 Å². The zero-order valence-electron chi connectivity index (χ0n) is 16.4. The van der Waals surface area contributed by atoms with Crippen LogP contribution >= 0.6 is 19.9 Å². The molecule has 4 rings (SSSR count). The zero-order chi connectivity index (χ0) is 22.0. The topological polar surface area (TPSA) is 78.7 Å². The number of fused-ring (bicyclic) bond motifs is 1. The lowest BCUT2D eigenvalue weighted by Gasteiger charge is -2.16. The van der Waals surface area contributed by atoms with Crippen LogP contribution < -0.4 is 9.05 Å². The van der Waals surface area contributed by atoms with E-state index in [1.165, 1.54) is 6.07 Å². The quantitative estimate of drug-likeness (QED) is 0.175. The molecule has 0 fully saturated rings. The highest BCUT2D eigenvalue weighted by Gasteiger charge is 2.23. The Hall–Kier alpha value is -3.34. The number of nitrogens with zero attached hydrogens (tertiary/aromatic N) is 1. The number of hydrogen-bond donors (Lipinski definition) is 0. The lowest BCUT2D eigenvalue weighted by Crippen LogP contribution is -1.98. The van der Waals surface area contributed by atoms with Crippen molar-refractivity contribution in [1.29, 1.82) is 0 Å². The third-order valence-corrected chi connectivity index (χ3v) is 5.88. The molecule has 0 spiro atoms. The van der Waals surface area contributed by atoms with Gasteiger partial charge in [-0.15, -0.1) is 0 Å². The molecule has 0 aromatic heterocycles. The maximum atomic E-state index is 12.8. The molecule has 31 heavy (non-hydrogen) atoms. The molecule has 8 heteroatoms. The van der Waals surface area contributed by atoms with E-state index in [0.717, 1.165) is 5.39 Å². The molecule has 1 atom stereocenters. The number of nitro benzene ring substituents is 1. The van der Waals surface area contributed by atoms with E-state index in [4.69, 9.17) is 20.6 Å². The highest BCUT2D eigenvalue weighted by Crippen LogP contribution is 2.46. The van der Waals surface area contributed by atoms with Gasteiger partial charge in [0.1, 0.15) is 11.5 Å². The molecular formula is C23H17ClNO5P. The second kappa shape index (κ2) is 8.80. The molecule has 0 amide bonds. The van der Waals surface area contributed by atoms with Crippen LogP contribution in [0.2, 0.25) is 5.02 Å². The summed E-state index contributed by atoms with van der Waals surface area (Å²) in [5.41, 5.74) is 1.50. The van der Waals surface area contributed by atoms with Gasteiger partial charge in [-0.3, -0.25) is 10.1 Å². The van der Waals surface area contributed by atoms with Crippen molar-refractivity contribution in [1.82, 2.24) is 0 Å². The molecule has 4 aromatic rings. The van der Waals surface area contributed by atoms with Gasteiger partial charge in [0.2, 0.25) is 0 Å². The first-order chi connectivity index (χ1) is 15.0. The minimum absolute atomic E-state index is 0.0631. The van der Waals surface area contributed by atoms with Gasteiger partial charge in [0.15, 0.2) is 0 Å². The Kier molecular flexibility index (Phi) is 5.94. The first kappa shape index (κ1) is 20.9. The molecule has 6 nitrogen and oxygen atoms in total. The van der Waals surface area contributed by atoms with Crippen LogP contribution in [0.4, 0.5) is 5.69 Å². The first-order valence-corrected chi connectivity index (χ1v) is 11.0. The number of nitro groups is 1. The van der Waals surface area contributed by atoms with Crippen molar-refractivity contribution >= 4 is 36.3 Å². The average molecular weight is 454 g/mol. The van der Waals surface area contributed by atoms with E-state index >= 15 is 0 Å². The van der Waals surface area contributed by atoms with Crippen molar-refractivity contribution < 1.29 is 18.5 Å². The lowest BCUT2D eigenvalue weighted by molar-refractivity contribution is -0.384. The third-order valence-electron chi connectivity index (χ3n) is 4.81. The van der Waals surface area contributed by atoms with Crippen molar-refractivity contribution in [3.63, 3.8) is 0 Å². The third kappa shape index (κ3) is 4.26. The van der Waals surface area contributed by atoms with Crippen molar-refractivity contribution in [2.45, 2.75) is 6.92 Å². The summed E-state index contributed by atoms with van der Waals surface area (Å²) in [6, 6.07) is 22.4. The fourth-order valence-electron chi connectivity index (χ4n) is 3.43. The highest BCUT2D eigenvalue weighted by atomic mass is 35.5. The van der Waals surface area contributed by atoms with Crippen LogP contribution in [-0.2, 0) is 4.57 Å². The summed E-state index contributed by atoms with van der Waals surface area (Å²) >= 11 is 6.09. The normalized spacial score (nSPS) is 11.8. The van der Waals surface area contributed by atoms with Crippen LogP contribution in [-0.4, -0.2) is 4.92 Å². The molecule has 0 saturated carbocycles. The predicted molar refractivity (Wildman–Crippen MR) is 122 cm³/mol. The first-order valence-electron chi connectivity index (χ1n) is 9.36. The van der Waals surface area contributed by atoms with Crippen molar-refractivity contribution in [3.05, 3.63) is 99.6 Å². The van der Waals surface area contributed by atoms with Crippen LogP contribution in [0, 0.1) is 17.0 Å². The average Bonchev–Trinajstić information content (AvgIpc) is 2.76. The van der Waals surface area contributed by atoms with Crippen LogP contribution in [0.5, 0.6) is 11.5 Å². The van der Waals surface area contributed by atoms with E-state index in [0.29, 0.717) is 27.1 Å². The van der Waals surface area contributed by atoms with Gasteiger partial charge in [0.25, 0.3) is 5.69 Å². The smallest absolute Gasteiger partial charge is 0.417 e. The number of para-hydroxylation sites is 1. The Morgan fingerprint density at radius 3 is 2.42 bits per heavy atom. The van der Waals surface area contributed by atoms with Gasteiger partial charge in [-0.25, -0.2) is 4.57 Å². The summed E-state index contributed by atoms with van der Waals surface area (Å²) in [5.74, 6) is 0.489. The molecule has 0 aliphatic carbocycles. The number of rotatable bonds is 6. The van der Waals surface area contributed by atoms with Gasteiger partial charge in [-0.1, -0.05) is 66.2 Å². The number of aryl methyl sites for hydroxylation is 1. The second-order valence-electron chi connectivity index (χ2n) is 6.77. The van der Waals surface area contributed by atoms with Crippen LogP contribution in [0.25, 0.3) is 21.9 Å². The maximum absolute atomic E-state index is 12.8. The SMILES string of the molecule is Cc1cccc([N+](=O)[O-])c1-c1ccc2ccccc2c1O[PH](=O)Oc1ccccc1Cl. The van der Waals surface area contributed by atoms with Crippen LogP contribution in [0.1, 0.15) is 5.56 Å². The number of hydrogen-bond acceptors (Lipinski definition) is 5. The summed E-state index contributed by atoms with van der Waals surface area (Å²) in [5, 5.41) is 13.5. The monoisotopic (exact) mass is 453 g/mol. The van der Waals surface area contributed by atoms with E-state index in [-0.39, 0.29) is 17.2 Å². The Balaban J connectivity index is 1.86. The van der Waals surface area contributed by atoms with Gasteiger partial charge < -0.3 is 9.05 Å². The van der Waals surface area contributed by atoms with Crippen molar-refractivity contribution in [2.24, 2.45) is 0 Å². The van der Waals surface area contributed by atoms with Gasteiger partial charge in [-0.05, 0) is 36.1 Å². The lowest BCUT2D eigenvalue weighted by atomic mass is 9.95. The van der Waals surface area contributed by atoms with Crippen molar-refractivity contribution in [3.8, 4) is 22.6 Å². The summed E-state index contributed by atoms with van der Waals surface area (Å²) in [7, 11) is -3.09. The summed E-state index contributed by atoms with van der Waals surface area (Å²) < 4.78 is 24.1. The van der Waals surface area contributed by atoms with E-state index < -0.39 is 13.2 Å². The molecule has 0 aliphatic heterocycles. The summed E-state index contributed by atoms with van der Waals surface area (Å²) in [6.45, 7) is 1.78. The van der Waals surface area contributed by atoms with Crippen LogP contribution in [0.15, 0.2) is 78.9 Å². The van der Waals surface area contributed by atoms with E-state index in [1.807, 2.05) is 30.3 Å². The minimum atomic E-state index is -3.09. The van der Waals surface area contributed by atoms with Gasteiger partial charge in [-0.2, -0.15) is 0 Å². The number of benzene rings is 4. The second-order valence-corrected chi connectivity index (χ2v) is 8.09. The van der Waals surface area contributed by atoms with Gasteiger partial charge in [0.05, 0.1) is 15.5 Å². The number of halogens is 1. The molecular weight excluding hydrogens is 437 g/mol. The summed E-state index contributed by atoms with van der Waals surface area (Å²) in [6.07, 6.45) is 0. The highest BCUT2D eigenvalue weighted by molar-refractivity contribution is 7.34. The Morgan fingerprint density at radius 1 is 0.903 bits per heavy atom.